The number of nitrogens with one attached hydrogen (secondary N) is 3. The number of hydrogen-bond donors (Lipinski definition) is 3. The first-order valence-electron chi connectivity index (χ1n) is 8.25. The molecule has 0 saturated heterocycles. The molecule has 2 aromatic rings. The number of carbonyl (C=O) groups is 3. The predicted molar refractivity (Wildman–Crippen MR) is 101 cm³/mol. The molecule has 3 amide bonds. The van der Waals surface area contributed by atoms with Gasteiger partial charge in [-0.15, -0.1) is 0 Å². The number of non-ortho nitro benzene ring substituents is 1. The van der Waals surface area contributed by atoms with E-state index < -0.39 is 29.2 Å². The molecule has 28 heavy (non-hydrogen) atoms. The van der Waals surface area contributed by atoms with E-state index in [1.807, 2.05) is 6.92 Å². The van der Waals surface area contributed by atoms with E-state index in [1.54, 1.807) is 24.3 Å². The van der Waals surface area contributed by atoms with E-state index in [4.69, 9.17) is 4.74 Å². The molecule has 0 unspecified atom stereocenters. The van der Waals surface area contributed by atoms with Gasteiger partial charge in [0.05, 0.1) is 18.1 Å². The van der Waals surface area contributed by atoms with E-state index in [2.05, 4.69) is 16.0 Å². The second-order valence-corrected chi connectivity index (χ2v) is 5.45. The van der Waals surface area contributed by atoms with Crippen LogP contribution in [0.1, 0.15) is 6.92 Å². The number of amides is 3. The van der Waals surface area contributed by atoms with Gasteiger partial charge in [-0.25, -0.2) is 0 Å². The molecule has 0 saturated carbocycles. The highest BCUT2D eigenvalue weighted by atomic mass is 16.6. The lowest BCUT2D eigenvalue weighted by atomic mass is 10.3. The lowest BCUT2D eigenvalue weighted by Gasteiger charge is -2.08. The summed E-state index contributed by atoms with van der Waals surface area (Å²) < 4.78 is 5.28. The molecule has 2 rings (SSSR count). The molecule has 0 fully saturated rings. The minimum Gasteiger partial charge on any atom is -0.494 e. The van der Waals surface area contributed by atoms with Crippen LogP contribution in [0.5, 0.6) is 5.75 Å². The lowest BCUT2D eigenvalue weighted by molar-refractivity contribution is -0.384. The van der Waals surface area contributed by atoms with E-state index in [1.165, 1.54) is 24.3 Å². The minimum atomic E-state index is -0.979. The fourth-order valence-electron chi connectivity index (χ4n) is 2.10. The van der Waals surface area contributed by atoms with Gasteiger partial charge < -0.3 is 20.7 Å². The van der Waals surface area contributed by atoms with Gasteiger partial charge in [0.15, 0.2) is 0 Å². The summed E-state index contributed by atoms with van der Waals surface area (Å²) in [4.78, 5) is 45.5. The van der Waals surface area contributed by atoms with Crippen molar-refractivity contribution in [2.24, 2.45) is 0 Å². The van der Waals surface area contributed by atoms with Gasteiger partial charge in [-0.2, -0.15) is 0 Å². The Kier molecular flexibility index (Phi) is 7.03. The molecule has 10 nitrogen and oxygen atoms in total. The highest BCUT2D eigenvalue weighted by molar-refractivity contribution is 6.39. The van der Waals surface area contributed by atoms with Crippen LogP contribution >= 0.6 is 0 Å². The van der Waals surface area contributed by atoms with Gasteiger partial charge in [-0.1, -0.05) is 0 Å². The van der Waals surface area contributed by atoms with Crippen molar-refractivity contribution in [3.63, 3.8) is 0 Å². The number of benzene rings is 2. The molecule has 0 bridgehead atoms. The van der Waals surface area contributed by atoms with Crippen LogP contribution in [0.4, 0.5) is 17.1 Å². The van der Waals surface area contributed by atoms with Crippen molar-refractivity contribution in [2.75, 3.05) is 23.8 Å². The molecule has 3 N–H and O–H groups in total. The average molecular weight is 386 g/mol. The van der Waals surface area contributed by atoms with E-state index in [9.17, 15) is 24.5 Å². The molecular weight excluding hydrogens is 368 g/mol. The van der Waals surface area contributed by atoms with Gasteiger partial charge >= 0.3 is 11.8 Å². The molecule has 0 heterocycles. The summed E-state index contributed by atoms with van der Waals surface area (Å²) in [7, 11) is 0. The molecule has 0 spiro atoms. The van der Waals surface area contributed by atoms with Crippen molar-refractivity contribution >= 4 is 34.8 Å². The maximum atomic E-state index is 11.8. The van der Waals surface area contributed by atoms with E-state index >= 15 is 0 Å². The Hall–Kier alpha value is -3.95. The Morgan fingerprint density at radius 3 is 2.07 bits per heavy atom. The molecule has 0 atom stereocenters. The highest BCUT2D eigenvalue weighted by Gasteiger charge is 2.15. The number of nitro benzene ring substituents is 1. The SMILES string of the molecule is CCOc1ccc(NC(=O)C(=O)NCC(=O)Nc2ccc([N+](=O)[O-])cc2)cc1. The Bertz CT molecular complexity index is 865. The summed E-state index contributed by atoms with van der Waals surface area (Å²) in [6.07, 6.45) is 0. The Morgan fingerprint density at radius 2 is 1.50 bits per heavy atom. The monoisotopic (exact) mass is 386 g/mol. The van der Waals surface area contributed by atoms with E-state index in [-0.39, 0.29) is 5.69 Å². The second-order valence-electron chi connectivity index (χ2n) is 5.45. The second kappa shape index (κ2) is 9.67. The smallest absolute Gasteiger partial charge is 0.313 e. The Balaban J connectivity index is 1.79. The zero-order valence-corrected chi connectivity index (χ0v) is 14.9. The summed E-state index contributed by atoms with van der Waals surface area (Å²) in [6.45, 7) is 1.92. The fraction of sp³-hybridized carbons (Fsp3) is 0.167. The van der Waals surface area contributed by atoms with E-state index in [0.29, 0.717) is 23.7 Å². The molecule has 10 heteroatoms. The average Bonchev–Trinajstić information content (AvgIpc) is 2.68. The van der Waals surface area contributed by atoms with Crippen LogP contribution in [-0.4, -0.2) is 35.8 Å². The maximum absolute atomic E-state index is 11.8. The summed E-state index contributed by atoms with van der Waals surface area (Å²) in [5.74, 6) is -1.86. The van der Waals surface area contributed by atoms with Gasteiger partial charge in [0, 0.05) is 23.5 Å². The van der Waals surface area contributed by atoms with Crippen molar-refractivity contribution in [2.45, 2.75) is 6.92 Å². The third kappa shape index (κ3) is 6.09. The molecule has 0 aromatic heterocycles. The van der Waals surface area contributed by atoms with Gasteiger partial charge in [0.25, 0.3) is 5.69 Å². The quantitative estimate of drug-likeness (QED) is 0.376. The third-order valence-electron chi connectivity index (χ3n) is 3.40. The Labute approximate surface area is 160 Å². The van der Waals surface area contributed by atoms with Gasteiger partial charge in [0.2, 0.25) is 5.91 Å². The normalized spacial score (nSPS) is 9.89. The first kappa shape index (κ1) is 20.4. The number of carbonyl (C=O) groups excluding carboxylic acids is 3. The first-order chi connectivity index (χ1) is 13.4. The number of anilines is 2. The maximum Gasteiger partial charge on any atom is 0.313 e. The molecular formula is C18H18N4O6. The number of nitro groups is 1. The molecule has 2 aromatic carbocycles. The van der Waals surface area contributed by atoms with Crippen LogP contribution in [0.15, 0.2) is 48.5 Å². The summed E-state index contributed by atoms with van der Waals surface area (Å²) in [5, 5.41) is 17.6. The zero-order valence-electron chi connectivity index (χ0n) is 14.9. The highest BCUT2D eigenvalue weighted by Crippen LogP contribution is 2.16. The number of hydrogen-bond acceptors (Lipinski definition) is 6. The number of nitrogens with zero attached hydrogens (tertiary/aromatic N) is 1. The van der Waals surface area contributed by atoms with Crippen LogP contribution in [0.3, 0.4) is 0 Å². The van der Waals surface area contributed by atoms with Crippen molar-refractivity contribution in [1.29, 1.82) is 0 Å². The lowest BCUT2D eigenvalue weighted by Crippen LogP contribution is -2.39. The standard InChI is InChI=1S/C18H18N4O6/c1-2-28-15-9-5-13(6-10-15)21-18(25)17(24)19-11-16(23)20-12-3-7-14(8-4-12)22(26)27/h3-10H,2,11H2,1H3,(H,19,24)(H,20,23)(H,21,25). The van der Waals surface area contributed by atoms with E-state index in [0.717, 1.165) is 0 Å². The Morgan fingerprint density at radius 1 is 0.929 bits per heavy atom. The largest absolute Gasteiger partial charge is 0.494 e. The van der Waals surface area contributed by atoms with Gasteiger partial charge in [-0.05, 0) is 43.3 Å². The molecule has 0 aliphatic rings. The van der Waals surface area contributed by atoms with Crippen LogP contribution in [-0.2, 0) is 14.4 Å². The van der Waals surface area contributed by atoms with Crippen molar-refractivity contribution in [3.8, 4) is 5.75 Å². The van der Waals surface area contributed by atoms with Crippen LogP contribution in [0.25, 0.3) is 0 Å². The van der Waals surface area contributed by atoms with Crippen molar-refractivity contribution in [3.05, 3.63) is 58.6 Å². The summed E-state index contributed by atoms with van der Waals surface area (Å²) in [5.41, 5.74) is 0.611. The number of rotatable bonds is 7. The first-order valence-corrected chi connectivity index (χ1v) is 8.25. The summed E-state index contributed by atoms with van der Waals surface area (Å²) in [6, 6.07) is 11.6. The number of ether oxygens (including phenoxy) is 1. The topological polar surface area (TPSA) is 140 Å². The molecule has 0 radical (unpaired) electrons. The van der Waals surface area contributed by atoms with Gasteiger partial charge in [-0.3, -0.25) is 24.5 Å². The predicted octanol–water partition coefficient (Wildman–Crippen LogP) is 1.69. The zero-order chi connectivity index (χ0) is 20.5. The van der Waals surface area contributed by atoms with Crippen molar-refractivity contribution < 1.29 is 24.0 Å². The minimum absolute atomic E-state index is 0.114. The van der Waals surface area contributed by atoms with Gasteiger partial charge in [0.1, 0.15) is 5.75 Å². The van der Waals surface area contributed by atoms with Crippen LogP contribution in [0, 0.1) is 10.1 Å². The fourth-order valence-corrected chi connectivity index (χ4v) is 2.10. The molecule has 146 valence electrons. The molecule has 0 aliphatic carbocycles. The van der Waals surface area contributed by atoms with Crippen LogP contribution in [0.2, 0.25) is 0 Å². The molecule has 0 aliphatic heterocycles. The summed E-state index contributed by atoms with van der Waals surface area (Å²) >= 11 is 0. The van der Waals surface area contributed by atoms with Crippen LogP contribution < -0.4 is 20.7 Å². The van der Waals surface area contributed by atoms with Crippen molar-refractivity contribution in [1.82, 2.24) is 5.32 Å². The third-order valence-corrected chi connectivity index (χ3v) is 3.40.